The van der Waals surface area contributed by atoms with E-state index < -0.39 is 17.8 Å². The lowest BCUT2D eigenvalue weighted by Crippen LogP contribution is -2.52. The summed E-state index contributed by atoms with van der Waals surface area (Å²) in [5.41, 5.74) is -1.59. The molecule has 0 bridgehead atoms. The van der Waals surface area contributed by atoms with Gasteiger partial charge in [-0.2, -0.15) is 0 Å². The number of unbranched alkanes of at least 4 members (excludes halogenated alkanes) is 6. The van der Waals surface area contributed by atoms with Crippen molar-refractivity contribution >= 4 is 0 Å². The van der Waals surface area contributed by atoms with Crippen molar-refractivity contribution in [3.05, 3.63) is 0 Å². The largest absolute Gasteiger partial charge is 0.396 e. The maximum Gasteiger partial charge on any atom is 0.116 e. The van der Waals surface area contributed by atoms with Gasteiger partial charge in [-0.3, -0.25) is 0 Å². The van der Waals surface area contributed by atoms with Crippen molar-refractivity contribution < 1.29 is 30.6 Å². The highest BCUT2D eigenvalue weighted by Gasteiger charge is 2.41. The Hall–Kier alpha value is -0.240. The van der Waals surface area contributed by atoms with Gasteiger partial charge in [0.1, 0.15) is 5.60 Å². The summed E-state index contributed by atoms with van der Waals surface area (Å²) in [6.45, 7) is 0.225. The minimum Gasteiger partial charge on any atom is -0.396 e. The second-order valence-corrected chi connectivity index (χ2v) is 6.70. The quantitative estimate of drug-likeness (QED) is 0.218. The zero-order valence-electron chi connectivity index (χ0n) is 14.9. The third-order valence-corrected chi connectivity index (χ3v) is 4.66. The number of rotatable bonds is 17. The normalized spacial score (nSPS) is 16.8. The first kappa shape index (κ1) is 23.8. The van der Waals surface area contributed by atoms with Gasteiger partial charge in [-0.25, -0.2) is 0 Å². The summed E-state index contributed by atoms with van der Waals surface area (Å²) in [6, 6.07) is 0. The molecule has 6 N–H and O–H groups in total. The molecule has 0 aliphatic carbocycles. The van der Waals surface area contributed by atoms with Gasteiger partial charge in [0.25, 0.3) is 0 Å². The molecule has 0 aliphatic heterocycles. The lowest BCUT2D eigenvalue weighted by atomic mass is 9.81. The molecule has 6 nitrogen and oxygen atoms in total. The highest BCUT2D eigenvalue weighted by molar-refractivity contribution is 4.93. The second kappa shape index (κ2) is 15.0. The Morgan fingerprint density at radius 3 is 1.38 bits per heavy atom. The average molecular weight is 350 g/mol. The van der Waals surface area contributed by atoms with E-state index in [0.29, 0.717) is 32.1 Å². The summed E-state index contributed by atoms with van der Waals surface area (Å²) < 4.78 is 0. The smallest absolute Gasteiger partial charge is 0.116 e. The Morgan fingerprint density at radius 1 is 0.542 bits per heavy atom. The predicted octanol–water partition coefficient (Wildman–Crippen LogP) is 1.10. The molecular weight excluding hydrogens is 312 g/mol. The SMILES string of the molecule is OCCCCCCCC(O)C(O)(CCCO)C(O)CCCCCO. The number of aliphatic hydroxyl groups is 6. The fourth-order valence-corrected chi connectivity index (χ4v) is 3.02. The maximum absolute atomic E-state index is 10.8. The van der Waals surface area contributed by atoms with Crippen LogP contribution in [0.25, 0.3) is 0 Å². The molecule has 0 heterocycles. The summed E-state index contributed by atoms with van der Waals surface area (Å²) in [4.78, 5) is 0. The van der Waals surface area contributed by atoms with Crippen LogP contribution in [0.4, 0.5) is 0 Å². The average Bonchev–Trinajstić information content (AvgIpc) is 2.59. The number of aliphatic hydroxyl groups excluding tert-OH is 5. The lowest BCUT2D eigenvalue weighted by Gasteiger charge is -2.37. The van der Waals surface area contributed by atoms with Gasteiger partial charge in [0.05, 0.1) is 12.2 Å². The van der Waals surface area contributed by atoms with E-state index in [9.17, 15) is 15.3 Å². The molecule has 0 rings (SSSR count). The molecule has 6 heteroatoms. The lowest BCUT2D eigenvalue weighted by molar-refractivity contribution is -0.156. The molecule has 24 heavy (non-hydrogen) atoms. The minimum absolute atomic E-state index is 0.0899. The zero-order chi connectivity index (χ0) is 18.3. The van der Waals surface area contributed by atoms with E-state index in [1.165, 1.54) is 0 Å². The molecule has 0 aromatic heterocycles. The van der Waals surface area contributed by atoms with Gasteiger partial charge in [-0.05, 0) is 38.5 Å². The van der Waals surface area contributed by atoms with Gasteiger partial charge in [-0.1, -0.05) is 38.5 Å². The van der Waals surface area contributed by atoms with Crippen LogP contribution in [0.3, 0.4) is 0 Å². The topological polar surface area (TPSA) is 121 Å². The Morgan fingerprint density at radius 2 is 0.917 bits per heavy atom. The predicted molar refractivity (Wildman–Crippen MR) is 93.6 cm³/mol. The van der Waals surface area contributed by atoms with Gasteiger partial charge in [-0.15, -0.1) is 0 Å². The molecule has 0 saturated heterocycles. The Bertz CT molecular complexity index is 276. The maximum atomic E-state index is 10.8. The monoisotopic (exact) mass is 350 g/mol. The van der Waals surface area contributed by atoms with Crippen LogP contribution in [0, 0.1) is 0 Å². The second-order valence-electron chi connectivity index (χ2n) is 6.70. The Kier molecular flexibility index (Phi) is 14.9. The highest BCUT2D eigenvalue weighted by atomic mass is 16.4. The van der Waals surface area contributed by atoms with Crippen molar-refractivity contribution in [1.82, 2.24) is 0 Å². The first-order valence-corrected chi connectivity index (χ1v) is 9.44. The zero-order valence-corrected chi connectivity index (χ0v) is 14.9. The van der Waals surface area contributed by atoms with Crippen molar-refractivity contribution in [3.63, 3.8) is 0 Å². The fourth-order valence-electron chi connectivity index (χ4n) is 3.02. The van der Waals surface area contributed by atoms with Crippen molar-refractivity contribution in [2.24, 2.45) is 0 Å². The van der Waals surface area contributed by atoms with Crippen molar-refractivity contribution in [3.8, 4) is 0 Å². The molecule has 0 spiro atoms. The number of hydrogen-bond acceptors (Lipinski definition) is 6. The van der Waals surface area contributed by atoms with E-state index in [2.05, 4.69) is 0 Å². The van der Waals surface area contributed by atoms with E-state index in [-0.39, 0.29) is 26.2 Å². The van der Waals surface area contributed by atoms with Crippen molar-refractivity contribution in [2.75, 3.05) is 19.8 Å². The molecule has 3 atom stereocenters. The van der Waals surface area contributed by atoms with Gasteiger partial charge in [0.2, 0.25) is 0 Å². The third kappa shape index (κ3) is 9.91. The first-order valence-electron chi connectivity index (χ1n) is 9.44. The van der Waals surface area contributed by atoms with Crippen LogP contribution >= 0.6 is 0 Å². The van der Waals surface area contributed by atoms with Crippen LogP contribution in [-0.4, -0.2) is 68.3 Å². The molecular formula is C18H38O6. The summed E-state index contributed by atoms with van der Waals surface area (Å²) in [5, 5.41) is 58.1. The fraction of sp³-hybridized carbons (Fsp3) is 1.00. The molecule has 0 aromatic rings. The minimum atomic E-state index is -1.59. The van der Waals surface area contributed by atoms with Crippen molar-refractivity contribution in [1.29, 1.82) is 0 Å². The van der Waals surface area contributed by atoms with Gasteiger partial charge < -0.3 is 30.6 Å². The van der Waals surface area contributed by atoms with Crippen LogP contribution < -0.4 is 0 Å². The van der Waals surface area contributed by atoms with E-state index in [0.717, 1.165) is 38.5 Å². The van der Waals surface area contributed by atoms with E-state index in [1.54, 1.807) is 0 Å². The van der Waals surface area contributed by atoms with E-state index >= 15 is 0 Å². The van der Waals surface area contributed by atoms with Crippen LogP contribution in [0.15, 0.2) is 0 Å². The standard InChI is InChI=1S/C18H38O6/c19-13-7-3-1-2-5-10-16(22)18(24,12-9-15-21)17(23)11-6-4-8-14-20/h16-17,19-24H,1-15H2. The molecule has 0 fully saturated rings. The summed E-state index contributed by atoms with van der Waals surface area (Å²) in [6.07, 6.45) is 5.72. The Labute approximate surface area is 146 Å². The molecule has 0 aromatic carbocycles. The Balaban J connectivity index is 4.35. The molecule has 0 saturated carbocycles. The summed E-state index contributed by atoms with van der Waals surface area (Å²) in [7, 11) is 0. The molecule has 0 amide bonds. The summed E-state index contributed by atoms with van der Waals surface area (Å²) >= 11 is 0. The first-order chi connectivity index (χ1) is 11.5. The molecule has 0 radical (unpaired) electrons. The van der Waals surface area contributed by atoms with Crippen LogP contribution in [0.2, 0.25) is 0 Å². The molecule has 3 unspecified atom stereocenters. The highest BCUT2D eigenvalue weighted by Crippen LogP contribution is 2.29. The van der Waals surface area contributed by atoms with Crippen molar-refractivity contribution in [2.45, 2.75) is 94.9 Å². The third-order valence-electron chi connectivity index (χ3n) is 4.66. The molecule has 146 valence electrons. The summed E-state index contributed by atoms with van der Waals surface area (Å²) in [5.74, 6) is 0. The van der Waals surface area contributed by atoms with E-state index in [4.69, 9.17) is 15.3 Å². The van der Waals surface area contributed by atoms with Crippen LogP contribution in [0.5, 0.6) is 0 Å². The number of hydrogen-bond donors (Lipinski definition) is 6. The van der Waals surface area contributed by atoms with Crippen LogP contribution in [0.1, 0.15) is 77.0 Å². The van der Waals surface area contributed by atoms with Gasteiger partial charge in [0.15, 0.2) is 0 Å². The van der Waals surface area contributed by atoms with Gasteiger partial charge in [0, 0.05) is 19.8 Å². The van der Waals surface area contributed by atoms with Gasteiger partial charge >= 0.3 is 0 Å². The van der Waals surface area contributed by atoms with Crippen LogP contribution in [-0.2, 0) is 0 Å². The molecule has 0 aliphatic rings. The van der Waals surface area contributed by atoms with E-state index in [1.807, 2.05) is 0 Å².